The molecule has 1 atom stereocenters. The van der Waals surface area contributed by atoms with E-state index in [2.05, 4.69) is 22.1 Å². The van der Waals surface area contributed by atoms with Crippen molar-refractivity contribution in [1.82, 2.24) is 15.2 Å². The second-order valence-electron chi connectivity index (χ2n) is 4.64. The smallest absolute Gasteiger partial charge is 0.365 e. The average molecular weight is 285 g/mol. The minimum absolute atomic E-state index is 0.151. The fourth-order valence-corrected chi connectivity index (χ4v) is 2.66. The number of thiazole rings is 1. The van der Waals surface area contributed by atoms with Crippen LogP contribution in [0.5, 0.6) is 0 Å². The van der Waals surface area contributed by atoms with Crippen LogP contribution >= 0.6 is 11.3 Å². The summed E-state index contributed by atoms with van der Waals surface area (Å²) >= 11 is 1.17. The summed E-state index contributed by atoms with van der Waals surface area (Å²) in [6, 6.07) is 0.341. The lowest BCUT2D eigenvalue weighted by Crippen LogP contribution is -2.44. The van der Waals surface area contributed by atoms with Crippen molar-refractivity contribution in [3.63, 3.8) is 0 Å². The minimum atomic E-state index is -0.961. The summed E-state index contributed by atoms with van der Waals surface area (Å²) < 4.78 is 5.31. The van der Waals surface area contributed by atoms with E-state index in [0.717, 1.165) is 38.5 Å². The number of aromatic carboxylic acids is 1. The second kappa shape index (κ2) is 6.95. The summed E-state index contributed by atoms with van der Waals surface area (Å²) in [6.45, 7) is 7.27. The lowest BCUT2D eigenvalue weighted by Gasteiger charge is -2.29. The van der Waals surface area contributed by atoms with Crippen molar-refractivity contribution in [2.24, 2.45) is 0 Å². The quantitative estimate of drug-likeness (QED) is 0.799. The maximum Gasteiger partial charge on any atom is 0.365 e. The minimum Gasteiger partial charge on any atom is -0.476 e. The van der Waals surface area contributed by atoms with Crippen molar-refractivity contribution < 1.29 is 14.6 Å². The highest BCUT2D eigenvalue weighted by atomic mass is 32.1. The topological polar surface area (TPSA) is 74.7 Å². The molecule has 1 aromatic rings. The lowest BCUT2D eigenvalue weighted by atomic mass is 10.3. The van der Waals surface area contributed by atoms with Gasteiger partial charge in [-0.2, -0.15) is 0 Å². The third-order valence-electron chi connectivity index (χ3n) is 3.00. The van der Waals surface area contributed by atoms with Gasteiger partial charge in [-0.3, -0.25) is 4.90 Å². The molecule has 19 heavy (non-hydrogen) atoms. The van der Waals surface area contributed by atoms with Crippen LogP contribution in [0.1, 0.15) is 22.4 Å². The first-order valence-electron chi connectivity index (χ1n) is 6.36. The lowest BCUT2D eigenvalue weighted by molar-refractivity contribution is 0.0343. The van der Waals surface area contributed by atoms with Crippen molar-refractivity contribution >= 4 is 17.3 Å². The van der Waals surface area contributed by atoms with Gasteiger partial charge < -0.3 is 15.2 Å². The molecule has 2 N–H and O–H groups in total. The van der Waals surface area contributed by atoms with Crippen molar-refractivity contribution in [1.29, 1.82) is 0 Å². The van der Waals surface area contributed by atoms with E-state index in [-0.39, 0.29) is 5.01 Å². The summed E-state index contributed by atoms with van der Waals surface area (Å²) in [7, 11) is 0. The van der Waals surface area contributed by atoms with Gasteiger partial charge in [0.25, 0.3) is 0 Å². The predicted octanol–water partition coefficient (Wildman–Crippen LogP) is 0.652. The molecule has 1 unspecified atom stereocenters. The van der Waals surface area contributed by atoms with Crippen molar-refractivity contribution in [3.05, 3.63) is 16.1 Å². The molecule has 0 aromatic carbocycles. The van der Waals surface area contributed by atoms with Crippen LogP contribution in [-0.4, -0.2) is 59.8 Å². The molecule has 0 saturated carbocycles. The Morgan fingerprint density at radius 1 is 1.63 bits per heavy atom. The maximum absolute atomic E-state index is 10.7. The average Bonchev–Trinajstić information content (AvgIpc) is 2.86. The third-order valence-corrected chi connectivity index (χ3v) is 3.88. The Morgan fingerprint density at radius 2 is 2.37 bits per heavy atom. The first-order chi connectivity index (χ1) is 9.15. The van der Waals surface area contributed by atoms with Crippen LogP contribution in [0.25, 0.3) is 0 Å². The Hall–Kier alpha value is -1.02. The molecule has 0 spiro atoms. The zero-order valence-electron chi connectivity index (χ0n) is 11.0. The fraction of sp³-hybridized carbons (Fsp3) is 0.667. The standard InChI is InChI=1S/C12H19N3O3S/c1-9(7-15-2-4-18-5-3-15)13-6-10-8-19-11(14-10)12(16)17/h8-9,13H,2-7H2,1H3,(H,16,17). The Bertz CT molecular complexity index is 418. The van der Waals surface area contributed by atoms with Crippen molar-refractivity contribution in [3.8, 4) is 0 Å². The van der Waals surface area contributed by atoms with Crippen LogP contribution in [0.2, 0.25) is 0 Å². The first-order valence-corrected chi connectivity index (χ1v) is 7.24. The molecule has 2 heterocycles. The summed E-state index contributed by atoms with van der Waals surface area (Å²) in [5, 5.41) is 14.1. The van der Waals surface area contributed by atoms with Gasteiger partial charge in [0, 0.05) is 37.6 Å². The van der Waals surface area contributed by atoms with Gasteiger partial charge in [0.05, 0.1) is 18.9 Å². The number of hydrogen-bond donors (Lipinski definition) is 2. The highest BCUT2D eigenvalue weighted by Gasteiger charge is 2.14. The van der Waals surface area contributed by atoms with Gasteiger partial charge in [0.2, 0.25) is 5.01 Å². The Kier molecular flexibility index (Phi) is 5.26. The van der Waals surface area contributed by atoms with Crippen LogP contribution in [0.4, 0.5) is 0 Å². The Morgan fingerprint density at radius 3 is 3.00 bits per heavy atom. The van der Waals surface area contributed by atoms with Gasteiger partial charge in [-0.1, -0.05) is 0 Å². The fourth-order valence-electron chi connectivity index (χ4n) is 2.00. The summed E-state index contributed by atoms with van der Waals surface area (Å²) in [6.07, 6.45) is 0. The van der Waals surface area contributed by atoms with Crippen molar-refractivity contribution in [2.75, 3.05) is 32.8 Å². The number of carboxylic acids is 1. The second-order valence-corrected chi connectivity index (χ2v) is 5.50. The molecule has 0 aliphatic carbocycles. The molecule has 0 bridgehead atoms. The number of rotatable bonds is 6. The van der Waals surface area contributed by atoms with E-state index in [0.29, 0.717) is 12.6 Å². The van der Waals surface area contributed by atoms with Crippen LogP contribution in [-0.2, 0) is 11.3 Å². The van der Waals surface area contributed by atoms with Crippen LogP contribution in [0.3, 0.4) is 0 Å². The number of carbonyl (C=O) groups is 1. The zero-order chi connectivity index (χ0) is 13.7. The number of aromatic nitrogens is 1. The molecule has 1 aliphatic heterocycles. The molecule has 0 radical (unpaired) electrons. The van der Waals surface area contributed by atoms with E-state index in [1.807, 2.05) is 0 Å². The Labute approximate surface area is 116 Å². The molecule has 7 heteroatoms. The molecular formula is C12H19N3O3S. The number of carboxylic acid groups (broad SMARTS) is 1. The summed E-state index contributed by atoms with van der Waals surface area (Å²) in [5.41, 5.74) is 0.788. The molecule has 0 amide bonds. The monoisotopic (exact) mass is 285 g/mol. The number of nitrogens with one attached hydrogen (secondary N) is 1. The predicted molar refractivity (Wildman–Crippen MR) is 72.6 cm³/mol. The molecule has 2 rings (SSSR count). The van der Waals surface area contributed by atoms with Gasteiger partial charge in [-0.25, -0.2) is 9.78 Å². The highest BCUT2D eigenvalue weighted by molar-refractivity contribution is 7.11. The highest BCUT2D eigenvalue weighted by Crippen LogP contribution is 2.09. The van der Waals surface area contributed by atoms with Crippen LogP contribution in [0, 0.1) is 0 Å². The molecular weight excluding hydrogens is 266 g/mol. The van der Waals surface area contributed by atoms with Gasteiger partial charge in [0.15, 0.2) is 0 Å². The zero-order valence-corrected chi connectivity index (χ0v) is 11.8. The molecule has 1 aliphatic rings. The number of ether oxygens (including phenoxy) is 1. The van der Waals surface area contributed by atoms with Crippen molar-refractivity contribution in [2.45, 2.75) is 19.5 Å². The van der Waals surface area contributed by atoms with E-state index in [1.165, 1.54) is 11.3 Å². The van der Waals surface area contributed by atoms with Gasteiger partial charge in [-0.05, 0) is 6.92 Å². The number of hydrogen-bond acceptors (Lipinski definition) is 6. The number of morpholine rings is 1. The number of nitrogens with zero attached hydrogens (tertiary/aromatic N) is 2. The van der Waals surface area contributed by atoms with E-state index in [1.54, 1.807) is 5.38 Å². The van der Waals surface area contributed by atoms with E-state index >= 15 is 0 Å². The summed E-state index contributed by atoms with van der Waals surface area (Å²) in [4.78, 5) is 17.1. The normalized spacial score (nSPS) is 18.4. The molecule has 1 aromatic heterocycles. The SMILES string of the molecule is CC(CN1CCOCC1)NCc1csc(C(=O)O)n1. The van der Waals surface area contributed by atoms with E-state index in [4.69, 9.17) is 9.84 Å². The molecule has 106 valence electrons. The van der Waals surface area contributed by atoms with Gasteiger partial charge in [-0.15, -0.1) is 11.3 Å². The Balaban J connectivity index is 1.72. The van der Waals surface area contributed by atoms with Gasteiger partial charge in [0.1, 0.15) is 0 Å². The maximum atomic E-state index is 10.7. The van der Waals surface area contributed by atoms with Crippen LogP contribution < -0.4 is 5.32 Å². The molecule has 1 fully saturated rings. The van der Waals surface area contributed by atoms with Gasteiger partial charge >= 0.3 is 5.97 Å². The third kappa shape index (κ3) is 4.54. The molecule has 1 saturated heterocycles. The summed E-state index contributed by atoms with van der Waals surface area (Å²) in [5.74, 6) is -0.961. The largest absolute Gasteiger partial charge is 0.476 e. The van der Waals surface area contributed by atoms with E-state index in [9.17, 15) is 4.79 Å². The molecule has 6 nitrogen and oxygen atoms in total. The van der Waals surface area contributed by atoms with E-state index < -0.39 is 5.97 Å². The van der Waals surface area contributed by atoms with Crippen LogP contribution in [0.15, 0.2) is 5.38 Å². The first kappa shape index (κ1) is 14.4.